The van der Waals surface area contributed by atoms with Gasteiger partial charge < -0.3 is 14.7 Å². The van der Waals surface area contributed by atoms with E-state index in [1.165, 1.54) is 29.7 Å². The monoisotopic (exact) mass is 563 g/mol. The van der Waals surface area contributed by atoms with Crippen molar-refractivity contribution in [3.63, 3.8) is 0 Å². The zero-order chi connectivity index (χ0) is 26.2. The molecule has 0 bridgehead atoms. The molecule has 0 aliphatic carbocycles. The second-order valence-corrected chi connectivity index (χ2v) is 12.0. The summed E-state index contributed by atoms with van der Waals surface area (Å²) in [5.41, 5.74) is 2.73. The van der Waals surface area contributed by atoms with Crippen LogP contribution in [0.1, 0.15) is 21.8 Å². The van der Waals surface area contributed by atoms with E-state index < -0.39 is 16.1 Å². The summed E-state index contributed by atoms with van der Waals surface area (Å²) < 4.78 is 27.6. The maximum absolute atomic E-state index is 13.4. The number of aryl methyl sites for hydroxylation is 1. The third kappa shape index (κ3) is 5.29. The standard InChI is InChI=1S/C25H26ClN5O4S2.2H2/c1-17(30-11-2-3-18-15-19(26)4-9-22(18)30)24(33)29-12-13-31(23(32)16-29)20-5-7-21(8-6-20)37(34,35)28-25-27-10-14-36-25;;/h4-10,14-15,17H,2-3,11-13,16H2,1H3,(H,27,28);2*1H/t17-;;/m1../s1. The number of carbonyl (C=O) groups excluding carboxylic acids is 2. The number of nitrogens with zero attached hydrogens (tertiary/aromatic N) is 4. The molecule has 3 heterocycles. The van der Waals surface area contributed by atoms with E-state index in [0.717, 1.165) is 30.6 Å². The van der Waals surface area contributed by atoms with Gasteiger partial charge in [0.1, 0.15) is 12.6 Å². The molecule has 1 N–H and O–H groups in total. The van der Waals surface area contributed by atoms with Gasteiger partial charge in [0.25, 0.3) is 10.0 Å². The lowest BCUT2D eigenvalue weighted by molar-refractivity contribution is -0.137. The first-order valence-corrected chi connectivity index (χ1v) is 14.6. The molecule has 9 nitrogen and oxygen atoms in total. The number of thiazole rings is 1. The van der Waals surface area contributed by atoms with Gasteiger partial charge in [-0.1, -0.05) is 11.6 Å². The maximum atomic E-state index is 13.4. The Morgan fingerprint density at radius 2 is 1.95 bits per heavy atom. The number of anilines is 3. The molecule has 0 radical (unpaired) electrons. The zero-order valence-electron chi connectivity index (χ0n) is 20.1. The summed E-state index contributed by atoms with van der Waals surface area (Å²) in [5, 5.41) is 2.65. The van der Waals surface area contributed by atoms with E-state index in [-0.39, 0.29) is 31.2 Å². The van der Waals surface area contributed by atoms with Gasteiger partial charge in [0.05, 0.1) is 4.90 Å². The second kappa shape index (κ2) is 10.3. The number of amides is 2. The average Bonchev–Trinajstić information content (AvgIpc) is 3.39. The summed E-state index contributed by atoms with van der Waals surface area (Å²) in [6.45, 7) is 3.33. The van der Waals surface area contributed by atoms with E-state index in [4.69, 9.17) is 11.6 Å². The topological polar surface area (TPSA) is 103 Å². The summed E-state index contributed by atoms with van der Waals surface area (Å²) >= 11 is 7.34. The number of sulfonamides is 1. The van der Waals surface area contributed by atoms with Gasteiger partial charge in [-0.25, -0.2) is 13.4 Å². The van der Waals surface area contributed by atoms with Crippen molar-refractivity contribution in [2.75, 3.05) is 40.7 Å². The van der Waals surface area contributed by atoms with Crippen molar-refractivity contribution in [1.29, 1.82) is 0 Å². The molecule has 0 saturated carbocycles. The number of aromatic nitrogens is 1. The first-order valence-electron chi connectivity index (χ1n) is 11.9. The highest BCUT2D eigenvalue weighted by molar-refractivity contribution is 7.93. The fourth-order valence-corrected chi connectivity index (χ4v) is 6.77. The smallest absolute Gasteiger partial charge is 0.263 e. The Morgan fingerprint density at radius 1 is 1.16 bits per heavy atom. The highest BCUT2D eigenvalue weighted by Crippen LogP contribution is 2.31. The molecule has 2 aromatic carbocycles. The molecule has 1 saturated heterocycles. The lowest BCUT2D eigenvalue weighted by atomic mass is 10.00. The van der Waals surface area contributed by atoms with Crippen LogP contribution in [0.15, 0.2) is 58.9 Å². The lowest BCUT2D eigenvalue weighted by Crippen LogP contribution is -2.57. The fraction of sp³-hybridized carbons (Fsp3) is 0.320. The summed E-state index contributed by atoms with van der Waals surface area (Å²) in [7, 11) is -3.78. The Labute approximate surface area is 227 Å². The number of rotatable bonds is 6. The van der Waals surface area contributed by atoms with E-state index in [9.17, 15) is 18.0 Å². The van der Waals surface area contributed by atoms with Crippen molar-refractivity contribution in [2.24, 2.45) is 0 Å². The summed E-state index contributed by atoms with van der Waals surface area (Å²) in [6.07, 6.45) is 3.37. The largest absolute Gasteiger partial charge is 0.360 e. The normalized spacial score (nSPS) is 16.9. The van der Waals surface area contributed by atoms with Crippen LogP contribution in [0, 0.1) is 0 Å². The van der Waals surface area contributed by atoms with E-state index >= 15 is 0 Å². The van der Waals surface area contributed by atoms with Crippen molar-refractivity contribution >= 4 is 61.3 Å². The van der Waals surface area contributed by atoms with Crippen molar-refractivity contribution in [2.45, 2.75) is 30.7 Å². The molecule has 2 aliphatic heterocycles. The lowest BCUT2D eigenvalue weighted by Gasteiger charge is -2.40. The van der Waals surface area contributed by atoms with Gasteiger partial charge in [-0.3, -0.25) is 14.3 Å². The van der Waals surface area contributed by atoms with Crippen LogP contribution in [0.3, 0.4) is 0 Å². The molecule has 1 aromatic heterocycles. The Balaban J connectivity index is 0.00000210. The van der Waals surface area contributed by atoms with Crippen LogP contribution in [0.5, 0.6) is 0 Å². The molecule has 198 valence electrons. The van der Waals surface area contributed by atoms with E-state index in [1.807, 2.05) is 25.1 Å². The first-order chi connectivity index (χ1) is 17.7. The molecular weight excluding hydrogens is 534 g/mol. The van der Waals surface area contributed by atoms with Crippen molar-refractivity contribution in [3.8, 4) is 0 Å². The molecule has 3 aromatic rings. The minimum atomic E-state index is -3.78. The van der Waals surface area contributed by atoms with Gasteiger partial charge >= 0.3 is 0 Å². The van der Waals surface area contributed by atoms with Gasteiger partial charge in [0.15, 0.2) is 5.13 Å². The third-order valence-corrected chi connectivity index (χ3v) is 9.07. The number of hydrogen-bond donors (Lipinski definition) is 1. The first kappa shape index (κ1) is 25.5. The molecular formula is C25H30ClN5O4S2. The van der Waals surface area contributed by atoms with Gasteiger partial charge in [0.2, 0.25) is 11.8 Å². The number of hydrogen-bond acceptors (Lipinski definition) is 7. The average molecular weight is 564 g/mol. The van der Waals surface area contributed by atoms with E-state index in [0.29, 0.717) is 23.8 Å². The Bertz CT molecular complexity index is 1420. The quantitative estimate of drug-likeness (QED) is 0.484. The predicted octanol–water partition coefficient (Wildman–Crippen LogP) is 4.11. The Morgan fingerprint density at radius 3 is 2.65 bits per heavy atom. The van der Waals surface area contributed by atoms with E-state index in [2.05, 4.69) is 14.6 Å². The highest BCUT2D eigenvalue weighted by Gasteiger charge is 2.34. The third-order valence-electron chi connectivity index (χ3n) is 6.67. The van der Waals surface area contributed by atoms with E-state index in [1.54, 1.807) is 27.3 Å². The minimum Gasteiger partial charge on any atom is -0.360 e. The molecule has 37 heavy (non-hydrogen) atoms. The van der Waals surface area contributed by atoms with Crippen LogP contribution < -0.4 is 14.5 Å². The number of nitrogens with one attached hydrogen (secondary N) is 1. The summed E-state index contributed by atoms with van der Waals surface area (Å²) in [5.74, 6) is -0.306. The van der Waals surface area contributed by atoms with Crippen LogP contribution in [0.25, 0.3) is 0 Å². The predicted molar refractivity (Wildman–Crippen MR) is 149 cm³/mol. The SMILES string of the molecule is C[C@H](C(=O)N1CCN(c2ccc(S(=O)(=O)Nc3nccs3)cc2)C(=O)C1)N1CCCc2cc(Cl)ccc21.[HH].[HH]. The molecule has 1 atom stereocenters. The summed E-state index contributed by atoms with van der Waals surface area (Å²) in [6, 6.07) is 11.5. The fourth-order valence-electron chi connectivity index (χ4n) is 4.78. The minimum absolute atomic E-state index is 0. The van der Waals surface area contributed by atoms with Gasteiger partial charge in [0, 0.05) is 50.5 Å². The van der Waals surface area contributed by atoms with Gasteiger partial charge in [-0.15, -0.1) is 11.3 Å². The molecule has 2 amide bonds. The second-order valence-electron chi connectivity index (χ2n) is 8.99. The van der Waals surface area contributed by atoms with Crippen LogP contribution in [-0.2, 0) is 26.0 Å². The highest BCUT2D eigenvalue weighted by atomic mass is 35.5. The zero-order valence-corrected chi connectivity index (χ0v) is 22.5. The number of carbonyl (C=O) groups is 2. The number of piperazine rings is 1. The Hall–Kier alpha value is -3.15. The number of benzene rings is 2. The molecule has 0 spiro atoms. The molecule has 5 rings (SSSR count). The molecule has 0 unspecified atom stereocenters. The van der Waals surface area contributed by atoms with Crippen LogP contribution in [0.2, 0.25) is 5.02 Å². The van der Waals surface area contributed by atoms with Crippen molar-refractivity contribution in [3.05, 3.63) is 64.6 Å². The van der Waals surface area contributed by atoms with Crippen molar-refractivity contribution < 1.29 is 20.9 Å². The van der Waals surface area contributed by atoms with Crippen LogP contribution in [-0.4, -0.2) is 62.3 Å². The van der Waals surface area contributed by atoms with Crippen molar-refractivity contribution in [1.82, 2.24) is 9.88 Å². The summed E-state index contributed by atoms with van der Waals surface area (Å²) in [4.78, 5) is 35.6. The number of fused-ring (bicyclic) bond motifs is 1. The molecule has 12 heteroatoms. The van der Waals surface area contributed by atoms with Crippen LogP contribution in [0.4, 0.5) is 16.5 Å². The molecule has 2 aliphatic rings. The maximum Gasteiger partial charge on any atom is 0.263 e. The Kier molecular flexibility index (Phi) is 7.11. The van der Waals surface area contributed by atoms with Gasteiger partial charge in [-0.2, -0.15) is 0 Å². The van der Waals surface area contributed by atoms with Gasteiger partial charge in [-0.05, 0) is 67.8 Å². The number of halogens is 1. The van der Waals surface area contributed by atoms with Crippen LogP contribution >= 0.6 is 22.9 Å². The molecule has 1 fully saturated rings.